The summed E-state index contributed by atoms with van der Waals surface area (Å²) in [6.07, 6.45) is 0. The number of para-hydroxylation sites is 1. The highest BCUT2D eigenvalue weighted by atomic mass is 79.9. The van der Waals surface area contributed by atoms with Crippen molar-refractivity contribution < 1.29 is 8.42 Å². The number of sulfonamides is 1. The Morgan fingerprint density at radius 3 is 2.38 bits per heavy atom. The Balaban J connectivity index is 2.43. The lowest BCUT2D eigenvalue weighted by Gasteiger charge is -2.15. The second-order valence-electron chi connectivity index (χ2n) is 5.28. The molecule has 2 aromatic carbocycles. The molecule has 0 amide bonds. The Morgan fingerprint density at radius 2 is 1.76 bits per heavy atom. The monoisotopic (exact) mass is 367 g/mol. The van der Waals surface area contributed by atoms with Crippen LogP contribution < -0.4 is 4.72 Å². The summed E-state index contributed by atoms with van der Waals surface area (Å²) in [5, 5.41) is 0. The summed E-state index contributed by atoms with van der Waals surface area (Å²) in [6, 6.07) is 12.7. The van der Waals surface area contributed by atoms with Crippen molar-refractivity contribution in [2.75, 3.05) is 4.72 Å². The summed E-state index contributed by atoms with van der Waals surface area (Å²) in [6.45, 7) is 5.99. The zero-order chi connectivity index (χ0) is 15.6. The molecule has 1 N–H and O–H groups in total. The lowest BCUT2D eigenvalue weighted by Crippen LogP contribution is -2.15. The van der Waals surface area contributed by atoms with Gasteiger partial charge in [0.15, 0.2) is 0 Å². The van der Waals surface area contributed by atoms with Gasteiger partial charge in [-0.15, -0.1) is 0 Å². The molecule has 0 bridgehead atoms. The number of benzene rings is 2. The molecule has 21 heavy (non-hydrogen) atoms. The van der Waals surface area contributed by atoms with Crippen molar-refractivity contribution in [2.45, 2.75) is 31.6 Å². The molecule has 0 aliphatic rings. The maximum absolute atomic E-state index is 12.6. The van der Waals surface area contributed by atoms with Crippen LogP contribution in [0.2, 0.25) is 0 Å². The number of anilines is 1. The maximum atomic E-state index is 12.6. The number of rotatable bonds is 4. The zero-order valence-corrected chi connectivity index (χ0v) is 14.6. The molecule has 0 unspecified atom stereocenters. The van der Waals surface area contributed by atoms with E-state index >= 15 is 0 Å². The molecule has 0 fully saturated rings. The summed E-state index contributed by atoms with van der Waals surface area (Å²) in [7, 11) is -3.61. The molecule has 0 saturated carbocycles. The van der Waals surface area contributed by atoms with Crippen molar-refractivity contribution in [3.63, 3.8) is 0 Å². The fourth-order valence-electron chi connectivity index (χ4n) is 2.12. The van der Waals surface area contributed by atoms with Gasteiger partial charge in [0.2, 0.25) is 0 Å². The summed E-state index contributed by atoms with van der Waals surface area (Å²) < 4.78 is 28.4. The first-order valence-electron chi connectivity index (χ1n) is 6.69. The van der Waals surface area contributed by atoms with Crippen molar-refractivity contribution in [1.29, 1.82) is 0 Å². The second-order valence-corrected chi connectivity index (χ2v) is 7.79. The average Bonchev–Trinajstić information content (AvgIpc) is 2.37. The van der Waals surface area contributed by atoms with Crippen LogP contribution in [0.25, 0.3) is 0 Å². The van der Waals surface area contributed by atoms with E-state index in [1.165, 1.54) is 0 Å². The van der Waals surface area contributed by atoms with Crippen molar-refractivity contribution in [2.24, 2.45) is 0 Å². The van der Waals surface area contributed by atoms with Gasteiger partial charge in [0.1, 0.15) is 4.90 Å². The first kappa shape index (κ1) is 16.0. The summed E-state index contributed by atoms with van der Waals surface area (Å²) >= 11 is 3.32. The minimum atomic E-state index is -3.61. The lowest BCUT2D eigenvalue weighted by atomic mass is 10.0. The molecular formula is C16H18BrNO2S. The molecule has 2 aromatic rings. The van der Waals surface area contributed by atoms with Gasteiger partial charge in [-0.05, 0) is 58.1 Å². The van der Waals surface area contributed by atoms with Gasteiger partial charge >= 0.3 is 0 Å². The third kappa shape index (κ3) is 3.66. The Kier molecular flexibility index (Phi) is 4.74. The van der Waals surface area contributed by atoms with E-state index in [-0.39, 0.29) is 10.8 Å². The molecule has 0 heterocycles. The molecule has 3 nitrogen and oxygen atoms in total. The van der Waals surface area contributed by atoms with Gasteiger partial charge in [0.05, 0.1) is 5.69 Å². The quantitative estimate of drug-likeness (QED) is 0.852. The minimum Gasteiger partial charge on any atom is -0.279 e. The second kappa shape index (κ2) is 6.20. The number of aryl methyl sites for hydroxylation is 1. The van der Waals surface area contributed by atoms with E-state index in [1.807, 2.05) is 39.0 Å². The van der Waals surface area contributed by atoms with Crippen LogP contribution in [0.15, 0.2) is 51.8 Å². The van der Waals surface area contributed by atoms with Gasteiger partial charge < -0.3 is 0 Å². The van der Waals surface area contributed by atoms with E-state index in [2.05, 4.69) is 20.7 Å². The smallest absolute Gasteiger partial charge is 0.263 e. The van der Waals surface area contributed by atoms with Crippen molar-refractivity contribution in [3.8, 4) is 0 Å². The molecule has 2 rings (SSSR count). The first-order chi connectivity index (χ1) is 9.81. The molecule has 112 valence electrons. The molecular weight excluding hydrogens is 350 g/mol. The predicted octanol–water partition coefficient (Wildman–Crippen LogP) is 4.68. The van der Waals surface area contributed by atoms with E-state index in [0.717, 1.165) is 11.1 Å². The minimum absolute atomic E-state index is 0.241. The van der Waals surface area contributed by atoms with Gasteiger partial charge in [-0.1, -0.05) is 38.1 Å². The van der Waals surface area contributed by atoms with Crippen LogP contribution in [-0.2, 0) is 10.0 Å². The van der Waals surface area contributed by atoms with Crippen molar-refractivity contribution >= 4 is 31.6 Å². The van der Waals surface area contributed by atoms with Crippen LogP contribution >= 0.6 is 15.9 Å². The predicted molar refractivity (Wildman–Crippen MR) is 90.2 cm³/mol. The third-order valence-corrected chi connectivity index (χ3v) is 5.55. The molecule has 0 radical (unpaired) electrons. The van der Waals surface area contributed by atoms with E-state index in [4.69, 9.17) is 0 Å². The Labute approximate surface area is 134 Å². The van der Waals surface area contributed by atoms with Gasteiger partial charge in [-0.25, -0.2) is 8.42 Å². The molecule has 0 saturated heterocycles. The Morgan fingerprint density at radius 1 is 1.10 bits per heavy atom. The lowest BCUT2D eigenvalue weighted by molar-refractivity contribution is 0.600. The molecule has 0 spiro atoms. The number of hydrogen-bond donors (Lipinski definition) is 1. The normalized spacial score (nSPS) is 11.7. The molecule has 0 aromatic heterocycles. The topological polar surface area (TPSA) is 46.2 Å². The van der Waals surface area contributed by atoms with Crippen molar-refractivity contribution in [1.82, 2.24) is 0 Å². The number of hydrogen-bond acceptors (Lipinski definition) is 2. The van der Waals surface area contributed by atoms with Gasteiger partial charge in [-0.3, -0.25) is 4.72 Å². The van der Waals surface area contributed by atoms with Crippen LogP contribution in [0.3, 0.4) is 0 Å². The highest BCUT2D eigenvalue weighted by molar-refractivity contribution is 9.10. The third-order valence-electron chi connectivity index (χ3n) is 3.20. The summed E-state index contributed by atoms with van der Waals surface area (Å²) in [4.78, 5) is 0.242. The number of nitrogens with one attached hydrogen (secondary N) is 1. The van der Waals surface area contributed by atoms with E-state index in [1.54, 1.807) is 24.3 Å². The summed E-state index contributed by atoms with van der Waals surface area (Å²) in [5.74, 6) is 0.241. The van der Waals surface area contributed by atoms with Gasteiger partial charge in [0.25, 0.3) is 10.0 Å². The average molecular weight is 368 g/mol. The van der Waals surface area contributed by atoms with Crippen LogP contribution in [0.5, 0.6) is 0 Å². The Hall–Kier alpha value is -1.33. The molecule has 0 aliphatic carbocycles. The van der Waals surface area contributed by atoms with E-state index < -0.39 is 10.0 Å². The van der Waals surface area contributed by atoms with E-state index in [9.17, 15) is 8.42 Å². The van der Waals surface area contributed by atoms with Gasteiger partial charge in [0, 0.05) is 4.47 Å². The first-order valence-corrected chi connectivity index (χ1v) is 8.97. The summed E-state index contributed by atoms with van der Waals surface area (Å²) in [5.41, 5.74) is 2.60. The van der Waals surface area contributed by atoms with Crippen LogP contribution in [0.1, 0.15) is 30.9 Å². The fourth-order valence-corrected chi connectivity index (χ4v) is 4.40. The maximum Gasteiger partial charge on any atom is 0.263 e. The zero-order valence-electron chi connectivity index (χ0n) is 12.2. The highest BCUT2D eigenvalue weighted by Gasteiger charge is 2.19. The number of halogens is 1. The standard InChI is InChI=1S/C16H18BrNO2S/c1-11(2)13-6-4-5-7-15(13)18-21(19,20)16-9-8-12(3)10-14(16)17/h4-11,18H,1-3H3. The molecule has 0 atom stereocenters. The van der Waals surface area contributed by atoms with Crippen LogP contribution in [0, 0.1) is 6.92 Å². The highest BCUT2D eigenvalue weighted by Crippen LogP contribution is 2.29. The molecule has 0 aliphatic heterocycles. The molecule has 5 heteroatoms. The van der Waals surface area contributed by atoms with Crippen LogP contribution in [-0.4, -0.2) is 8.42 Å². The largest absolute Gasteiger partial charge is 0.279 e. The Bertz CT molecular complexity index is 755. The fraction of sp³-hybridized carbons (Fsp3) is 0.250. The van der Waals surface area contributed by atoms with Crippen LogP contribution in [0.4, 0.5) is 5.69 Å². The van der Waals surface area contributed by atoms with Crippen molar-refractivity contribution in [3.05, 3.63) is 58.1 Å². The van der Waals surface area contributed by atoms with E-state index in [0.29, 0.717) is 10.2 Å². The SMILES string of the molecule is Cc1ccc(S(=O)(=O)Nc2ccccc2C(C)C)c(Br)c1. The van der Waals surface area contributed by atoms with Gasteiger partial charge in [-0.2, -0.15) is 0 Å².